The van der Waals surface area contributed by atoms with E-state index in [2.05, 4.69) is 15.9 Å². The van der Waals surface area contributed by atoms with Crippen molar-refractivity contribution in [3.63, 3.8) is 0 Å². The Balaban J connectivity index is 2.32. The first-order valence-electron chi connectivity index (χ1n) is 5.70. The fraction of sp³-hybridized carbons (Fsp3) is 0.214. The second-order valence-electron chi connectivity index (χ2n) is 4.07. The van der Waals surface area contributed by atoms with Crippen LogP contribution in [0.15, 0.2) is 40.2 Å². The summed E-state index contributed by atoms with van der Waals surface area (Å²) in [7, 11) is 1.59. The molecule has 5 heteroatoms. The van der Waals surface area contributed by atoms with Crippen LogP contribution in [-0.2, 0) is 11.2 Å². The maximum atomic E-state index is 11.4. The van der Waals surface area contributed by atoms with E-state index >= 15 is 0 Å². The van der Waals surface area contributed by atoms with E-state index in [1.54, 1.807) is 7.11 Å². The molecule has 1 unspecified atom stereocenters. The molecule has 1 N–H and O–H groups in total. The molecule has 0 aliphatic heterocycles. The Hall–Kier alpha value is -1.33. The summed E-state index contributed by atoms with van der Waals surface area (Å²) in [5.41, 5.74) is 0.887. The van der Waals surface area contributed by atoms with E-state index in [0.717, 1.165) is 14.9 Å². The smallest absolute Gasteiger partial charge is 0.312 e. The van der Waals surface area contributed by atoms with Crippen molar-refractivity contribution in [1.29, 1.82) is 0 Å². The monoisotopic (exact) mass is 340 g/mol. The molecule has 0 fully saturated rings. The molecule has 19 heavy (non-hydrogen) atoms. The van der Waals surface area contributed by atoms with Gasteiger partial charge in [-0.2, -0.15) is 0 Å². The fourth-order valence-corrected chi connectivity index (χ4v) is 3.15. The second kappa shape index (κ2) is 6.21. The van der Waals surface area contributed by atoms with Crippen molar-refractivity contribution in [2.45, 2.75) is 12.3 Å². The third-order valence-corrected chi connectivity index (χ3v) is 4.33. The fourth-order valence-electron chi connectivity index (χ4n) is 1.93. The average Bonchev–Trinajstić information content (AvgIpc) is 2.89. The lowest BCUT2D eigenvalue weighted by molar-refractivity contribution is -0.138. The zero-order valence-electron chi connectivity index (χ0n) is 10.3. The highest BCUT2D eigenvalue weighted by Crippen LogP contribution is 2.31. The van der Waals surface area contributed by atoms with E-state index in [0.29, 0.717) is 12.2 Å². The number of hydrogen-bond donors (Lipinski definition) is 1. The van der Waals surface area contributed by atoms with E-state index in [1.807, 2.05) is 35.7 Å². The molecule has 1 aromatic carbocycles. The van der Waals surface area contributed by atoms with Crippen LogP contribution in [0.4, 0.5) is 0 Å². The van der Waals surface area contributed by atoms with E-state index in [9.17, 15) is 9.90 Å². The van der Waals surface area contributed by atoms with Crippen molar-refractivity contribution in [3.05, 3.63) is 50.6 Å². The van der Waals surface area contributed by atoms with Gasteiger partial charge in [0.05, 0.1) is 13.0 Å². The van der Waals surface area contributed by atoms with Crippen molar-refractivity contribution < 1.29 is 14.6 Å². The number of hydrogen-bond acceptors (Lipinski definition) is 3. The number of carboxylic acids is 1. The third-order valence-electron chi connectivity index (χ3n) is 2.85. The Morgan fingerprint density at radius 1 is 1.47 bits per heavy atom. The summed E-state index contributed by atoms with van der Waals surface area (Å²) in [6.45, 7) is 0. The first-order valence-corrected chi connectivity index (χ1v) is 7.37. The van der Waals surface area contributed by atoms with Crippen molar-refractivity contribution in [3.8, 4) is 5.75 Å². The van der Waals surface area contributed by atoms with Crippen LogP contribution in [0.25, 0.3) is 0 Å². The topological polar surface area (TPSA) is 46.5 Å². The van der Waals surface area contributed by atoms with Gasteiger partial charge in [-0.25, -0.2) is 0 Å². The molecule has 2 rings (SSSR count). The van der Waals surface area contributed by atoms with Crippen LogP contribution in [0.5, 0.6) is 5.75 Å². The highest BCUT2D eigenvalue weighted by atomic mass is 79.9. The third kappa shape index (κ3) is 3.36. The van der Waals surface area contributed by atoms with Crippen LogP contribution in [0.2, 0.25) is 0 Å². The molecule has 0 amide bonds. The average molecular weight is 341 g/mol. The SMILES string of the molecule is COc1ccc(Br)cc1CC(C(=O)O)c1cccs1. The van der Waals surface area contributed by atoms with Gasteiger partial charge < -0.3 is 9.84 Å². The van der Waals surface area contributed by atoms with Gasteiger partial charge >= 0.3 is 5.97 Å². The van der Waals surface area contributed by atoms with Crippen LogP contribution in [0, 0.1) is 0 Å². The summed E-state index contributed by atoms with van der Waals surface area (Å²) in [5, 5.41) is 11.3. The molecule has 2 aromatic rings. The standard InChI is InChI=1S/C14H13BrO3S/c1-18-12-5-4-10(15)7-9(12)8-11(14(16)17)13-3-2-6-19-13/h2-7,11H,8H2,1H3,(H,16,17). The largest absolute Gasteiger partial charge is 0.496 e. The van der Waals surface area contributed by atoms with Gasteiger partial charge in [-0.15, -0.1) is 11.3 Å². The highest BCUT2D eigenvalue weighted by Gasteiger charge is 2.23. The minimum atomic E-state index is -0.815. The van der Waals surface area contributed by atoms with Gasteiger partial charge in [0.2, 0.25) is 0 Å². The van der Waals surface area contributed by atoms with E-state index in [1.165, 1.54) is 11.3 Å². The predicted molar refractivity (Wildman–Crippen MR) is 79.1 cm³/mol. The van der Waals surface area contributed by atoms with Crippen LogP contribution < -0.4 is 4.74 Å². The minimum Gasteiger partial charge on any atom is -0.496 e. The number of benzene rings is 1. The van der Waals surface area contributed by atoms with Crippen LogP contribution >= 0.6 is 27.3 Å². The maximum absolute atomic E-state index is 11.4. The van der Waals surface area contributed by atoms with Crippen LogP contribution in [0.1, 0.15) is 16.4 Å². The maximum Gasteiger partial charge on any atom is 0.312 e. The van der Waals surface area contributed by atoms with Gasteiger partial charge in [-0.3, -0.25) is 4.79 Å². The number of carbonyl (C=O) groups is 1. The molecular formula is C14H13BrO3S. The molecule has 0 radical (unpaired) electrons. The first-order chi connectivity index (χ1) is 9.11. The van der Waals surface area contributed by atoms with Gasteiger partial charge in [0.1, 0.15) is 5.75 Å². The summed E-state index contributed by atoms with van der Waals surface area (Å²) in [6.07, 6.45) is 0.415. The number of aliphatic carboxylic acids is 1. The first kappa shape index (κ1) is 14.1. The predicted octanol–water partition coefficient (Wildman–Crippen LogP) is 3.93. The van der Waals surface area contributed by atoms with E-state index in [-0.39, 0.29) is 0 Å². The van der Waals surface area contributed by atoms with Crippen molar-refractivity contribution in [1.82, 2.24) is 0 Å². The summed E-state index contributed by atoms with van der Waals surface area (Å²) >= 11 is 4.86. The highest BCUT2D eigenvalue weighted by molar-refractivity contribution is 9.10. The molecule has 3 nitrogen and oxygen atoms in total. The minimum absolute atomic E-state index is 0.415. The van der Waals surface area contributed by atoms with Crippen molar-refractivity contribution in [2.75, 3.05) is 7.11 Å². The summed E-state index contributed by atoms with van der Waals surface area (Å²) in [4.78, 5) is 12.3. The summed E-state index contributed by atoms with van der Waals surface area (Å²) < 4.78 is 6.20. The molecular weight excluding hydrogens is 328 g/mol. The van der Waals surface area contributed by atoms with Crippen LogP contribution in [-0.4, -0.2) is 18.2 Å². The molecule has 100 valence electrons. The van der Waals surface area contributed by atoms with Gasteiger partial charge in [-0.1, -0.05) is 22.0 Å². The molecule has 0 saturated carbocycles. The second-order valence-corrected chi connectivity index (χ2v) is 5.96. The lowest BCUT2D eigenvalue weighted by Gasteiger charge is -2.14. The van der Waals surface area contributed by atoms with E-state index < -0.39 is 11.9 Å². The molecule has 1 aromatic heterocycles. The van der Waals surface area contributed by atoms with Gasteiger partial charge in [0, 0.05) is 9.35 Å². The zero-order chi connectivity index (χ0) is 13.8. The van der Waals surface area contributed by atoms with Gasteiger partial charge in [0.15, 0.2) is 0 Å². The van der Waals surface area contributed by atoms with Crippen LogP contribution in [0.3, 0.4) is 0 Å². The number of rotatable bonds is 5. The molecule has 0 aliphatic carbocycles. The number of methoxy groups -OCH3 is 1. The number of thiophene rings is 1. The Kier molecular flexibility index (Phi) is 4.61. The van der Waals surface area contributed by atoms with Crippen molar-refractivity contribution >= 4 is 33.2 Å². The molecule has 0 bridgehead atoms. The van der Waals surface area contributed by atoms with Gasteiger partial charge in [0.25, 0.3) is 0 Å². The Morgan fingerprint density at radius 2 is 2.26 bits per heavy atom. The normalized spacial score (nSPS) is 12.1. The molecule has 0 spiro atoms. The number of halogens is 1. The number of carboxylic acid groups (broad SMARTS) is 1. The Bertz CT molecular complexity index is 566. The zero-order valence-corrected chi connectivity index (χ0v) is 12.7. The number of ether oxygens (including phenoxy) is 1. The molecule has 1 atom stereocenters. The quantitative estimate of drug-likeness (QED) is 0.896. The summed E-state index contributed by atoms with van der Waals surface area (Å²) in [6, 6.07) is 9.35. The van der Waals surface area contributed by atoms with E-state index in [4.69, 9.17) is 4.74 Å². The molecule has 1 heterocycles. The lowest BCUT2D eigenvalue weighted by atomic mass is 9.97. The van der Waals surface area contributed by atoms with Crippen molar-refractivity contribution in [2.24, 2.45) is 0 Å². The summed E-state index contributed by atoms with van der Waals surface area (Å²) in [5.74, 6) is -0.640. The Morgan fingerprint density at radius 3 is 2.84 bits per heavy atom. The Labute approximate surface area is 124 Å². The molecule has 0 saturated heterocycles. The lowest BCUT2D eigenvalue weighted by Crippen LogP contribution is -2.13. The van der Waals surface area contributed by atoms with Gasteiger partial charge in [-0.05, 0) is 41.6 Å². The molecule has 0 aliphatic rings.